The Hall–Kier alpha value is -1.61. The van der Waals surface area contributed by atoms with Crippen LogP contribution in [0, 0.1) is 0 Å². The summed E-state index contributed by atoms with van der Waals surface area (Å²) in [5.41, 5.74) is 3.15. The highest BCUT2D eigenvalue weighted by Crippen LogP contribution is 2.25. The van der Waals surface area contributed by atoms with Crippen molar-refractivity contribution in [3.05, 3.63) is 53.9 Å². The van der Waals surface area contributed by atoms with Crippen LogP contribution < -0.4 is 0 Å². The van der Waals surface area contributed by atoms with Crippen molar-refractivity contribution in [1.82, 2.24) is 14.7 Å². The van der Waals surface area contributed by atoms with Crippen LogP contribution in [-0.4, -0.2) is 33.8 Å². The van der Waals surface area contributed by atoms with Crippen LogP contribution in [0.15, 0.2) is 42.7 Å². The minimum atomic E-state index is 0.742. The highest BCUT2D eigenvalue weighted by Gasteiger charge is 2.23. The van der Waals surface area contributed by atoms with Crippen molar-refractivity contribution in [3.63, 3.8) is 0 Å². The summed E-state index contributed by atoms with van der Waals surface area (Å²) < 4.78 is 2.04. The summed E-state index contributed by atoms with van der Waals surface area (Å²) >= 11 is 0. The van der Waals surface area contributed by atoms with Crippen molar-refractivity contribution in [1.29, 1.82) is 0 Å². The molecule has 1 aliphatic carbocycles. The van der Waals surface area contributed by atoms with Crippen molar-refractivity contribution in [3.8, 4) is 0 Å². The Morgan fingerprint density at radius 3 is 2.75 bits per heavy atom. The van der Waals surface area contributed by atoms with E-state index in [0.29, 0.717) is 0 Å². The van der Waals surface area contributed by atoms with Crippen LogP contribution in [0.3, 0.4) is 0 Å². The molecule has 2 aromatic rings. The van der Waals surface area contributed by atoms with Crippen molar-refractivity contribution in [2.45, 2.75) is 64.5 Å². The fourth-order valence-corrected chi connectivity index (χ4v) is 3.95. The first kappa shape index (κ1) is 17.2. The van der Waals surface area contributed by atoms with Crippen LogP contribution in [0.2, 0.25) is 0 Å². The van der Waals surface area contributed by atoms with Crippen molar-refractivity contribution in [2.75, 3.05) is 13.1 Å². The van der Waals surface area contributed by atoms with E-state index in [4.69, 9.17) is 0 Å². The molecule has 0 spiro atoms. The van der Waals surface area contributed by atoms with Crippen LogP contribution in [0.25, 0.3) is 0 Å². The molecule has 1 heterocycles. The van der Waals surface area contributed by atoms with Gasteiger partial charge in [0, 0.05) is 25.0 Å². The van der Waals surface area contributed by atoms with E-state index in [1.165, 1.54) is 58.0 Å². The third kappa shape index (κ3) is 4.70. The number of fused-ring (bicyclic) bond motifs is 1. The van der Waals surface area contributed by atoms with E-state index in [-0.39, 0.29) is 0 Å². The molecule has 1 atom stereocenters. The van der Waals surface area contributed by atoms with Gasteiger partial charge in [-0.15, -0.1) is 0 Å². The molecule has 1 aromatic carbocycles. The SMILES string of the molecule is CCCN(CCCCCn1cccn1)C1CCc2ccccc2C1. The number of benzene rings is 1. The first-order valence-corrected chi connectivity index (χ1v) is 9.65. The van der Waals surface area contributed by atoms with Crippen LogP contribution in [0.5, 0.6) is 0 Å². The number of hydrogen-bond donors (Lipinski definition) is 0. The summed E-state index contributed by atoms with van der Waals surface area (Å²) in [4.78, 5) is 2.75. The normalized spacial score (nSPS) is 17.2. The molecule has 1 aromatic heterocycles. The molecule has 0 aliphatic heterocycles. The third-order valence-electron chi connectivity index (χ3n) is 5.24. The summed E-state index contributed by atoms with van der Waals surface area (Å²) in [6.07, 6.45) is 12.8. The van der Waals surface area contributed by atoms with Gasteiger partial charge in [-0.25, -0.2) is 0 Å². The highest BCUT2D eigenvalue weighted by atomic mass is 15.3. The average Bonchev–Trinajstić information content (AvgIpc) is 3.13. The minimum absolute atomic E-state index is 0.742. The molecule has 130 valence electrons. The van der Waals surface area contributed by atoms with E-state index < -0.39 is 0 Å². The fourth-order valence-electron chi connectivity index (χ4n) is 3.95. The second-order valence-electron chi connectivity index (χ2n) is 7.03. The predicted octanol–water partition coefficient (Wildman–Crippen LogP) is 4.32. The molecule has 24 heavy (non-hydrogen) atoms. The van der Waals surface area contributed by atoms with E-state index in [1.54, 1.807) is 11.1 Å². The maximum Gasteiger partial charge on any atom is 0.0489 e. The summed E-state index contributed by atoms with van der Waals surface area (Å²) in [5, 5.41) is 4.28. The highest BCUT2D eigenvalue weighted by molar-refractivity contribution is 5.30. The van der Waals surface area contributed by atoms with Crippen LogP contribution in [-0.2, 0) is 19.4 Å². The molecule has 1 unspecified atom stereocenters. The molecule has 3 rings (SSSR count). The van der Waals surface area contributed by atoms with Gasteiger partial charge < -0.3 is 4.90 Å². The van der Waals surface area contributed by atoms with E-state index >= 15 is 0 Å². The smallest absolute Gasteiger partial charge is 0.0489 e. The van der Waals surface area contributed by atoms with Gasteiger partial charge in [-0.05, 0) is 68.8 Å². The Bertz CT molecular complexity index is 591. The van der Waals surface area contributed by atoms with Crippen LogP contribution in [0.4, 0.5) is 0 Å². The zero-order valence-corrected chi connectivity index (χ0v) is 15.0. The van der Waals surface area contributed by atoms with E-state index in [1.807, 2.05) is 16.9 Å². The summed E-state index contributed by atoms with van der Waals surface area (Å²) in [6, 6.07) is 11.8. The maximum absolute atomic E-state index is 4.28. The van der Waals surface area contributed by atoms with Gasteiger partial charge in [0.05, 0.1) is 0 Å². The molecule has 0 saturated heterocycles. The van der Waals surface area contributed by atoms with Gasteiger partial charge >= 0.3 is 0 Å². The zero-order chi connectivity index (χ0) is 16.6. The van der Waals surface area contributed by atoms with Gasteiger partial charge in [0.15, 0.2) is 0 Å². The van der Waals surface area contributed by atoms with Crippen LogP contribution in [0.1, 0.15) is 50.2 Å². The topological polar surface area (TPSA) is 21.1 Å². The monoisotopic (exact) mass is 325 g/mol. The van der Waals surface area contributed by atoms with Crippen molar-refractivity contribution in [2.24, 2.45) is 0 Å². The molecule has 3 nitrogen and oxygen atoms in total. The Labute approximate surface area is 146 Å². The molecule has 0 fully saturated rings. The lowest BCUT2D eigenvalue weighted by Crippen LogP contribution is -2.40. The largest absolute Gasteiger partial charge is 0.300 e. The van der Waals surface area contributed by atoms with Gasteiger partial charge in [-0.1, -0.05) is 37.6 Å². The second-order valence-corrected chi connectivity index (χ2v) is 7.03. The predicted molar refractivity (Wildman–Crippen MR) is 100 cm³/mol. The molecule has 3 heteroatoms. The number of rotatable bonds is 9. The number of aromatic nitrogens is 2. The Morgan fingerprint density at radius 2 is 1.96 bits per heavy atom. The number of aryl methyl sites for hydroxylation is 2. The van der Waals surface area contributed by atoms with E-state index in [2.05, 4.69) is 47.4 Å². The summed E-state index contributed by atoms with van der Waals surface area (Å²) in [5.74, 6) is 0. The lowest BCUT2D eigenvalue weighted by molar-refractivity contribution is 0.176. The number of nitrogens with zero attached hydrogens (tertiary/aromatic N) is 3. The van der Waals surface area contributed by atoms with Gasteiger partial charge in [0.1, 0.15) is 0 Å². The molecule has 0 amide bonds. The first-order chi connectivity index (χ1) is 11.9. The van der Waals surface area contributed by atoms with E-state index in [0.717, 1.165) is 12.6 Å². The number of hydrogen-bond acceptors (Lipinski definition) is 2. The molecule has 0 bridgehead atoms. The molecule has 1 aliphatic rings. The quantitative estimate of drug-likeness (QED) is 0.640. The van der Waals surface area contributed by atoms with Gasteiger partial charge in [-0.2, -0.15) is 5.10 Å². The number of unbranched alkanes of at least 4 members (excludes halogenated alkanes) is 2. The standard InChI is InChI=1S/C21H31N3/c1-2-14-23(15-6-3-7-16-24-17-8-13-22-24)21-12-11-19-9-4-5-10-20(19)18-21/h4-5,8-10,13,17,21H,2-3,6-7,11-12,14-16,18H2,1H3. The third-order valence-corrected chi connectivity index (χ3v) is 5.24. The zero-order valence-electron chi connectivity index (χ0n) is 15.0. The Kier molecular flexibility index (Phi) is 6.48. The van der Waals surface area contributed by atoms with Crippen molar-refractivity contribution >= 4 is 0 Å². The Balaban J connectivity index is 1.44. The molecular weight excluding hydrogens is 294 g/mol. The molecule has 0 saturated carbocycles. The lowest BCUT2D eigenvalue weighted by atomic mass is 9.87. The molecular formula is C21H31N3. The summed E-state index contributed by atoms with van der Waals surface area (Å²) in [6.45, 7) is 5.85. The van der Waals surface area contributed by atoms with Crippen molar-refractivity contribution < 1.29 is 0 Å². The Morgan fingerprint density at radius 1 is 1.08 bits per heavy atom. The van der Waals surface area contributed by atoms with Crippen LogP contribution >= 0.6 is 0 Å². The fraction of sp³-hybridized carbons (Fsp3) is 0.571. The lowest BCUT2D eigenvalue weighted by Gasteiger charge is -2.35. The minimum Gasteiger partial charge on any atom is -0.300 e. The van der Waals surface area contributed by atoms with Gasteiger partial charge in [0.25, 0.3) is 0 Å². The molecule has 0 N–H and O–H groups in total. The first-order valence-electron chi connectivity index (χ1n) is 9.65. The second kappa shape index (κ2) is 9.03. The summed E-state index contributed by atoms with van der Waals surface area (Å²) in [7, 11) is 0. The van der Waals surface area contributed by atoms with Gasteiger partial charge in [-0.3, -0.25) is 4.68 Å². The molecule has 0 radical (unpaired) electrons. The van der Waals surface area contributed by atoms with Gasteiger partial charge in [0.2, 0.25) is 0 Å². The maximum atomic E-state index is 4.28. The van der Waals surface area contributed by atoms with E-state index in [9.17, 15) is 0 Å². The average molecular weight is 326 g/mol.